The highest BCUT2D eigenvalue weighted by Gasteiger charge is 2.07. The summed E-state index contributed by atoms with van der Waals surface area (Å²) in [6.07, 6.45) is 3.96. The first-order valence-electron chi connectivity index (χ1n) is 3.35. The van der Waals surface area contributed by atoms with E-state index in [0.29, 0.717) is 0 Å². The van der Waals surface area contributed by atoms with Crippen LogP contribution in [0.1, 0.15) is 17.1 Å². The molecule has 0 saturated carbocycles. The lowest BCUT2D eigenvalue weighted by atomic mass is 10.2. The van der Waals surface area contributed by atoms with Gasteiger partial charge >= 0.3 is 0 Å². The lowest BCUT2D eigenvalue weighted by Crippen LogP contribution is -2.07. The number of aryl methyl sites for hydroxylation is 1. The van der Waals surface area contributed by atoms with Gasteiger partial charge in [0.15, 0.2) is 0 Å². The summed E-state index contributed by atoms with van der Waals surface area (Å²) in [6, 6.07) is 2.05. The molecule has 2 rings (SSSR count). The Hall–Kier alpha value is -1.18. The van der Waals surface area contributed by atoms with Crippen LogP contribution < -0.4 is 5.32 Å². The first-order valence-corrected chi connectivity index (χ1v) is 3.35. The van der Waals surface area contributed by atoms with E-state index in [1.807, 2.05) is 25.3 Å². The molecule has 0 aliphatic carbocycles. The highest BCUT2D eigenvalue weighted by Crippen LogP contribution is 2.18. The van der Waals surface area contributed by atoms with Crippen molar-refractivity contribution in [2.24, 2.45) is 0 Å². The molecule has 0 unspecified atom stereocenters. The monoisotopic (exact) mass is 135 g/mol. The second-order valence-corrected chi connectivity index (χ2v) is 2.45. The predicted molar refractivity (Wildman–Crippen MR) is 39.3 cm³/mol. The van der Waals surface area contributed by atoms with Crippen LogP contribution in [0.15, 0.2) is 16.7 Å². The van der Waals surface area contributed by atoms with E-state index < -0.39 is 0 Å². The van der Waals surface area contributed by atoms with Gasteiger partial charge in [0.25, 0.3) is 0 Å². The Balaban J connectivity index is 2.53. The SMILES string of the molecule is Cc1cc2c(o1)CNC=C2. The van der Waals surface area contributed by atoms with Crippen LogP contribution in [0.3, 0.4) is 0 Å². The molecule has 1 N–H and O–H groups in total. The molecule has 0 saturated heterocycles. The largest absolute Gasteiger partial charge is 0.464 e. The molecule has 0 atom stereocenters. The van der Waals surface area contributed by atoms with Gasteiger partial charge in [0.1, 0.15) is 11.5 Å². The van der Waals surface area contributed by atoms with Gasteiger partial charge in [-0.05, 0) is 25.3 Å². The van der Waals surface area contributed by atoms with E-state index >= 15 is 0 Å². The van der Waals surface area contributed by atoms with Gasteiger partial charge in [-0.1, -0.05) is 0 Å². The molecule has 1 aliphatic heterocycles. The van der Waals surface area contributed by atoms with Crippen LogP contribution in [-0.4, -0.2) is 0 Å². The van der Waals surface area contributed by atoms with Gasteiger partial charge in [-0.15, -0.1) is 0 Å². The number of hydrogen-bond donors (Lipinski definition) is 1. The van der Waals surface area contributed by atoms with E-state index in [2.05, 4.69) is 5.32 Å². The first-order chi connectivity index (χ1) is 4.86. The summed E-state index contributed by atoms with van der Waals surface area (Å²) < 4.78 is 5.39. The minimum atomic E-state index is 0.819. The summed E-state index contributed by atoms with van der Waals surface area (Å²) in [5.74, 6) is 2.03. The van der Waals surface area contributed by atoms with Crippen molar-refractivity contribution in [3.05, 3.63) is 29.4 Å². The standard InChI is InChI=1S/C8H9NO/c1-6-4-7-2-3-9-5-8(7)10-6/h2-4,9H,5H2,1H3. The van der Waals surface area contributed by atoms with Crippen LogP contribution in [-0.2, 0) is 6.54 Å². The predicted octanol–water partition coefficient (Wildman–Crippen LogP) is 1.66. The van der Waals surface area contributed by atoms with Gasteiger partial charge in [-0.25, -0.2) is 0 Å². The van der Waals surface area contributed by atoms with Crippen LogP contribution in [0, 0.1) is 6.92 Å². The zero-order valence-electron chi connectivity index (χ0n) is 5.85. The van der Waals surface area contributed by atoms with E-state index in [1.54, 1.807) is 0 Å². The fourth-order valence-corrected chi connectivity index (χ4v) is 1.16. The Morgan fingerprint density at radius 3 is 3.30 bits per heavy atom. The second-order valence-electron chi connectivity index (χ2n) is 2.45. The van der Waals surface area contributed by atoms with E-state index in [1.165, 1.54) is 5.56 Å². The maximum atomic E-state index is 5.39. The van der Waals surface area contributed by atoms with E-state index in [0.717, 1.165) is 18.1 Å². The van der Waals surface area contributed by atoms with E-state index in [-0.39, 0.29) is 0 Å². The molecular formula is C8H9NO. The van der Waals surface area contributed by atoms with Crippen molar-refractivity contribution in [1.82, 2.24) is 5.32 Å². The maximum absolute atomic E-state index is 5.39. The Morgan fingerprint density at radius 1 is 1.60 bits per heavy atom. The van der Waals surface area contributed by atoms with Crippen molar-refractivity contribution in [2.75, 3.05) is 0 Å². The first kappa shape index (κ1) is 5.59. The minimum Gasteiger partial charge on any atom is -0.464 e. The molecule has 0 radical (unpaired) electrons. The number of furan rings is 1. The molecule has 1 aromatic heterocycles. The third-order valence-electron chi connectivity index (χ3n) is 1.61. The molecule has 2 nitrogen and oxygen atoms in total. The Bertz CT molecular complexity index is 273. The number of nitrogens with one attached hydrogen (secondary N) is 1. The zero-order valence-corrected chi connectivity index (χ0v) is 5.85. The Kier molecular flexibility index (Phi) is 1.07. The fourth-order valence-electron chi connectivity index (χ4n) is 1.16. The average Bonchev–Trinajstić information content (AvgIpc) is 2.27. The van der Waals surface area contributed by atoms with Crippen molar-refractivity contribution in [3.63, 3.8) is 0 Å². The lowest BCUT2D eigenvalue weighted by Gasteiger charge is -2.03. The maximum Gasteiger partial charge on any atom is 0.130 e. The van der Waals surface area contributed by atoms with Crippen LogP contribution in [0.2, 0.25) is 0 Å². The molecule has 2 heteroatoms. The zero-order chi connectivity index (χ0) is 6.97. The molecule has 0 fully saturated rings. The van der Waals surface area contributed by atoms with Crippen LogP contribution >= 0.6 is 0 Å². The van der Waals surface area contributed by atoms with Crippen molar-refractivity contribution in [3.8, 4) is 0 Å². The quantitative estimate of drug-likeness (QED) is 0.585. The molecule has 52 valence electrons. The Morgan fingerprint density at radius 2 is 2.50 bits per heavy atom. The lowest BCUT2D eigenvalue weighted by molar-refractivity contribution is 0.472. The average molecular weight is 135 g/mol. The number of hydrogen-bond acceptors (Lipinski definition) is 2. The number of fused-ring (bicyclic) bond motifs is 1. The molecule has 0 bridgehead atoms. The summed E-state index contributed by atoms with van der Waals surface area (Å²) in [5, 5.41) is 3.08. The van der Waals surface area contributed by atoms with Gasteiger partial charge in [0.05, 0.1) is 6.54 Å². The summed E-state index contributed by atoms with van der Waals surface area (Å²) in [5.41, 5.74) is 1.20. The topological polar surface area (TPSA) is 25.2 Å². The fraction of sp³-hybridized carbons (Fsp3) is 0.250. The smallest absolute Gasteiger partial charge is 0.130 e. The summed E-state index contributed by atoms with van der Waals surface area (Å²) in [4.78, 5) is 0. The summed E-state index contributed by atoms with van der Waals surface area (Å²) >= 11 is 0. The van der Waals surface area contributed by atoms with Gasteiger partial charge in [-0.2, -0.15) is 0 Å². The van der Waals surface area contributed by atoms with Crippen LogP contribution in [0.5, 0.6) is 0 Å². The van der Waals surface area contributed by atoms with Crippen molar-refractivity contribution in [1.29, 1.82) is 0 Å². The van der Waals surface area contributed by atoms with E-state index in [9.17, 15) is 0 Å². The summed E-state index contributed by atoms with van der Waals surface area (Å²) in [7, 11) is 0. The molecule has 0 aromatic carbocycles. The molecule has 0 spiro atoms. The molecule has 0 amide bonds. The molecule has 1 aromatic rings. The van der Waals surface area contributed by atoms with E-state index in [4.69, 9.17) is 4.42 Å². The van der Waals surface area contributed by atoms with Crippen LogP contribution in [0.25, 0.3) is 6.08 Å². The normalized spacial score (nSPS) is 14.5. The third-order valence-corrected chi connectivity index (χ3v) is 1.61. The van der Waals surface area contributed by atoms with Crippen molar-refractivity contribution >= 4 is 6.08 Å². The van der Waals surface area contributed by atoms with Gasteiger partial charge in [0, 0.05) is 5.56 Å². The molecular weight excluding hydrogens is 126 g/mol. The van der Waals surface area contributed by atoms with Gasteiger partial charge in [0.2, 0.25) is 0 Å². The molecule has 10 heavy (non-hydrogen) atoms. The molecule has 2 heterocycles. The van der Waals surface area contributed by atoms with Gasteiger partial charge in [-0.3, -0.25) is 0 Å². The third kappa shape index (κ3) is 0.727. The van der Waals surface area contributed by atoms with Crippen molar-refractivity contribution < 1.29 is 4.42 Å². The highest BCUT2D eigenvalue weighted by molar-refractivity contribution is 5.53. The second kappa shape index (κ2) is 1.90. The highest BCUT2D eigenvalue weighted by atomic mass is 16.3. The van der Waals surface area contributed by atoms with Crippen molar-refractivity contribution in [2.45, 2.75) is 13.5 Å². The Labute approximate surface area is 59.5 Å². The number of rotatable bonds is 0. The minimum absolute atomic E-state index is 0.819. The van der Waals surface area contributed by atoms with Gasteiger partial charge < -0.3 is 9.73 Å². The summed E-state index contributed by atoms with van der Waals surface area (Å²) in [6.45, 7) is 2.78. The molecule has 1 aliphatic rings. The van der Waals surface area contributed by atoms with Crippen LogP contribution in [0.4, 0.5) is 0 Å².